The Morgan fingerprint density at radius 1 is 1.60 bits per heavy atom. The summed E-state index contributed by atoms with van der Waals surface area (Å²) < 4.78 is 0. The maximum atomic E-state index is 3.99. The predicted molar refractivity (Wildman–Crippen MR) is 45.0 cm³/mol. The minimum absolute atomic E-state index is 0.422. The van der Waals surface area contributed by atoms with Crippen molar-refractivity contribution in [2.45, 2.75) is 20.8 Å². The summed E-state index contributed by atoms with van der Waals surface area (Å²) >= 11 is 0. The van der Waals surface area contributed by atoms with Gasteiger partial charge in [-0.15, -0.1) is 0 Å². The zero-order valence-corrected chi connectivity index (χ0v) is 7.20. The Hall–Kier alpha value is -0.300. The van der Waals surface area contributed by atoms with E-state index in [2.05, 4.69) is 32.7 Å². The van der Waals surface area contributed by atoms with Crippen LogP contribution in [0.5, 0.6) is 0 Å². The van der Waals surface area contributed by atoms with Gasteiger partial charge in [0.1, 0.15) is 0 Å². The summed E-state index contributed by atoms with van der Waals surface area (Å²) in [5.74, 6) is 0.674. The zero-order valence-electron chi connectivity index (χ0n) is 7.20. The predicted octanol–water partition coefficient (Wildman–Crippen LogP) is 1.81. The van der Waals surface area contributed by atoms with Gasteiger partial charge in [-0.25, -0.2) is 0 Å². The van der Waals surface area contributed by atoms with Gasteiger partial charge in [0.15, 0.2) is 0 Å². The number of hydrogen-bond donors (Lipinski definition) is 1. The van der Waals surface area contributed by atoms with Crippen LogP contribution in [0.4, 0.5) is 0 Å². The van der Waals surface area contributed by atoms with E-state index in [-0.39, 0.29) is 0 Å². The molecule has 1 aliphatic heterocycles. The van der Waals surface area contributed by atoms with Crippen molar-refractivity contribution in [1.82, 2.24) is 5.32 Å². The highest BCUT2D eigenvalue weighted by Crippen LogP contribution is 2.34. The van der Waals surface area contributed by atoms with E-state index in [0.29, 0.717) is 11.3 Å². The maximum absolute atomic E-state index is 3.99. The summed E-state index contributed by atoms with van der Waals surface area (Å²) in [6, 6.07) is 0. The highest BCUT2D eigenvalue weighted by atomic mass is 14.9. The van der Waals surface area contributed by atoms with Crippen LogP contribution >= 0.6 is 0 Å². The molecule has 1 saturated heterocycles. The molecule has 0 aliphatic carbocycles. The monoisotopic (exact) mass is 139 g/mol. The van der Waals surface area contributed by atoms with Crippen molar-refractivity contribution in [3.63, 3.8) is 0 Å². The topological polar surface area (TPSA) is 12.0 Å². The van der Waals surface area contributed by atoms with Crippen LogP contribution in [0, 0.1) is 11.3 Å². The standard InChI is InChI=1S/C9H17N/c1-7(2)8-5-10-6-9(8,3)4/h8,10H,1,5-6H2,2-4H3. The van der Waals surface area contributed by atoms with Crippen molar-refractivity contribution >= 4 is 0 Å². The van der Waals surface area contributed by atoms with Crippen LogP contribution in [0.2, 0.25) is 0 Å². The largest absolute Gasteiger partial charge is 0.316 e. The molecule has 0 amide bonds. The van der Waals surface area contributed by atoms with Gasteiger partial charge in [-0.2, -0.15) is 0 Å². The van der Waals surface area contributed by atoms with Gasteiger partial charge >= 0.3 is 0 Å². The van der Waals surface area contributed by atoms with Crippen LogP contribution < -0.4 is 5.32 Å². The van der Waals surface area contributed by atoms with Crippen molar-refractivity contribution in [2.75, 3.05) is 13.1 Å². The van der Waals surface area contributed by atoms with Crippen LogP contribution in [0.3, 0.4) is 0 Å². The molecule has 0 radical (unpaired) electrons. The molecule has 1 heterocycles. The van der Waals surface area contributed by atoms with Crippen LogP contribution in [0.15, 0.2) is 12.2 Å². The highest BCUT2D eigenvalue weighted by Gasteiger charge is 2.34. The Morgan fingerprint density at radius 2 is 2.20 bits per heavy atom. The molecule has 58 valence electrons. The fraction of sp³-hybridized carbons (Fsp3) is 0.778. The lowest BCUT2D eigenvalue weighted by molar-refractivity contribution is 0.327. The summed E-state index contributed by atoms with van der Waals surface area (Å²) in [6.07, 6.45) is 0. The molecule has 0 bridgehead atoms. The molecule has 1 unspecified atom stereocenters. The SMILES string of the molecule is C=C(C)C1CNCC1(C)C. The van der Waals surface area contributed by atoms with Crippen molar-refractivity contribution in [3.8, 4) is 0 Å². The zero-order chi connectivity index (χ0) is 7.78. The second-order valence-electron chi connectivity index (χ2n) is 4.02. The van der Waals surface area contributed by atoms with Gasteiger partial charge in [0.2, 0.25) is 0 Å². The third-order valence-electron chi connectivity index (χ3n) is 2.47. The van der Waals surface area contributed by atoms with E-state index < -0.39 is 0 Å². The second-order valence-corrected chi connectivity index (χ2v) is 4.02. The second kappa shape index (κ2) is 2.39. The number of nitrogens with one attached hydrogen (secondary N) is 1. The molecule has 1 atom stereocenters. The Morgan fingerprint density at radius 3 is 2.40 bits per heavy atom. The van der Waals surface area contributed by atoms with E-state index >= 15 is 0 Å². The summed E-state index contributed by atoms with van der Waals surface area (Å²) in [5.41, 5.74) is 1.74. The van der Waals surface area contributed by atoms with Gasteiger partial charge in [0.05, 0.1) is 0 Å². The minimum atomic E-state index is 0.422. The first-order valence-corrected chi connectivity index (χ1v) is 3.90. The molecule has 0 aromatic heterocycles. The van der Waals surface area contributed by atoms with Gasteiger partial charge in [-0.1, -0.05) is 26.0 Å². The average Bonchev–Trinajstić information content (AvgIpc) is 2.08. The fourth-order valence-electron chi connectivity index (χ4n) is 1.78. The average molecular weight is 139 g/mol. The molecule has 1 N–H and O–H groups in total. The minimum Gasteiger partial charge on any atom is -0.316 e. The number of rotatable bonds is 1. The van der Waals surface area contributed by atoms with Crippen molar-refractivity contribution in [1.29, 1.82) is 0 Å². The van der Waals surface area contributed by atoms with Gasteiger partial charge in [0, 0.05) is 13.1 Å². The van der Waals surface area contributed by atoms with Crippen LogP contribution in [0.25, 0.3) is 0 Å². The molecule has 10 heavy (non-hydrogen) atoms. The first-order chi connectivity index (χ1) is 4.54. The normalized spacial score (nSPS) is 30.5. The molecular weight excluding hydrogens is 122 g/mol. The van der Waals surface area contributed by atoms with E-state index in [9.17, 15) is 0 Å². The lowest BCUT2D eigenvalue weighted by Crippen LogP contribution is -2.22. The molecule has 1 fully saturated rings. The van der Waals surface area contributed by atoms with E-state index in [1.165, 1.54) is 5.57 Å². The first kappa shape index (κ1) is 7.80. The van der Waals surface area contributed by atoms with Crippen LogP contribution in [-0.4, -0.2) is 13.1 Å². The smallest absolute Gasteiger partial charge is 0.00225 e. The Labute approximate surface area is 63.5 Å². The summed E-state index contributed by atoms with van der Waals surface area (Å²) in [6.45, 7) is 13.0. The first-order valence-electron chi connectivity index (χ1n) is 3.90. The third kappa shape index (κ3) is 1.24. The molecular formula is C9H17N. The maximum Gasteiger partial charge on any atom is 0.00225 e. The molecule has 0 aromatic carbocycles. The van der Waals surface area contributed by atoms with Gasteiger partial charge in [0.25, 0.3) is 0 Å². The van der Waals surface area contributed by atoms with Crippen molar-refractivity contribution in [3.05, 3.63) is 12.2 Å². The molecule has 1 aliphatic rings. The van der Waals surface area contributed by atoms with Gasteiger partial charge in [-0.05, 0) is 18.3 Å². The van der Waals surface area contributed by atoms with Crippen LogP contribution in [0.1, 0.15) is 20.8 Å². The Balaban J connectivity index is 2.68. The van der Waals surface area contributed by atoms with Crippen molar-refractivity contribution < 1.29 is 0 Å². The van der Waals surface area contributed by atoms with E-state index in [4.69, 9.17) is 0 Å². The fourth-order valence-corrected chi connectivity index (χ4v) is 1.78. The Kier molecular flexibility index (Phi) is 1.86. The van der Waals surface area contributed by atoms with Crippen LogP contribution in [-0.2, 0) is 0 Å². The van der Waals surface area contributed by atoms with Crippen molar-refractivity contribution in [2.24, 2.45) is 11.3 Å². The molecule has 0 aromatic rings. The molecule has 1 nitrogen and oxygen atoms in total. The summed E-state index contributed by atoms with van der Waals surface area (Å²) in [4.78, 5) is 0. The molecule has 0 saturated carbocycles. The highest BCUT2D eigenvalue weighted by molar-refractivity contribution is 5.07. The van der Waals surface area contributed by atoms with E-state index in [1.54, 1.807) is 0 Å². The molecule has 1 heteroatoms. The lowest BCUT2D eigenvalue weighted by Gasteiger charge is -2.25. The molecule has 1 rings (SSSR count). The quantitative estimate of drug-likeness (QED) is 0.546. The van der Waals surface area contributed by atoms with Gasteiger partial charge < -0.3 is 5.32 Å². The van der Waals surface area contributed by atoms with E-state index in [1.807, 2.05) is 0 Å². The molecule has 0 spiro atoms. The third-order valence-corrected chi connectivity index (χ3v) is 2.47. The lowest BCUT2D eigenvalue weighted by atomic mass is 9.78. The Bertz CT molecular complexity index is 147. The summed E-state index contributed by atoms with van der Waals surface area (Å²) in [7, 11) is 0. The summed E-state index contributed by atoms with van der Waals surface area (Å²) in [5, 5.41) is 3.38. The van der Waals surface area contributed by atoms with E-state index in [0.717, 1.165) is 13.1 Å². The van der Waals surface area contributed by atoms with Gasteiger partial charge in [-0.3, -0.25) is 0 Å². The number of hydrogen-bond acceptors (Lipinski definition) is 1.